The molecule has 1 atom stereocenters. The minimum atomic E-state index is -0.473. The molecular formula is C17H25N3O4. The maximum absolute atomic E-state index is 11.7. The van der Waals surface area contributed by atoms with Gasteiger partial charge in [-0.05, 0) is 42.7 Å². The number of nitro groups is 1. The first-order valence-electron chi connectivity index (χ1n) is 8.29. The highest BCUT2D eigenvalue weighted by atomic mass is 16.6. The minimum absolute atomic E-state index is 0.0794. The monoisotopic (exact) mass is 335 g/mol. The van der Waals surface area contributed by atoms with Crippen LogP contribution in [0, 0.1) is 21.4 Å². The maximum atomic E-state index is 11.7. The molecule has 0 aromatic heterocycles. The third-order valence-electron chi connectivity index (χ3n) is 5.27. The Balaban J connectivity index is 2.17. The van der Waals surface area contributed by atoms with Gasteiger partial charge in [0.25, 0.3) is 11.6 Å². The van der Waals surface area contributed by atoms with Crippen LogP contribution in [0.1, 0.15) is 43.0 Å². The van der Waals surface area contributed by atoms with Crippen LogP contribution in [0.25, 0.3) is 0 Å². The van der Waals surface area contributed by atoms with E-state index >= 15 is 0 Å². The average molecular weight is 335 g/mol. The largest absolute Gasteiger partial charge is 0.396 e. The van der Waals surface area contributed by atoms with Crippen molar-refractivity contribution in [3.8, 4) is 0 Å². The van der Waals surface area contributed by atoms with E-state index in [1.165, 1.54) is 13.1 Å². The molecule has 7 nitrogen and oxygen atoms in total. The van der Waals surface area contributed by atoms with Gasteiger partial charge in [-0.25, -0.2) is 0 Å². The highest BCUT2D eigenvalue weighted by Crippen LogP contribution is 2.48. The quantitative estimate of drug-likeness (QED) is 0.500. The lowest BCUT2D eigenvalue weighted by molar-refractivity contribution is -0.384. The van der Waals surface area contributed by atoms with Crippen LogP contribution in [-0.2, 0) is 0 Å². The molecule has 7 heteroatoms. The summed E-state index contributed by atoms with van der Waals surface area (Å²) in [7, 11) is 1.49. The predicted octanol–water partition coefficient (Wildman–Crippen LogP) is 2.56. The summed E-state index contributed by atoms with van der Waals surface area (Å²) in [6.07, 6.45) is 4.01. The zero-order valence-electron chi connectivity index (χ0n) is 14.2. The molecule has 132 valence electrons. The summed E-state index contributed by atoms with van der Waals surface area (Å²) in [5.74, 6) is 0.00429. The fourth-order valence-electron chi connectivity index (χ4n) is 3.36. The number of nitro benzene ring substituents is 1. The maximum Gasteiger partial charge on any atom is 0.293 e. The molecule has 2 rings (SSSR count). The van der Waals surface area contributed by atoms with Crippen molar-refractivity contribution in [1.82, 2.24) is 5.32 Å². The number of hydrogen-bond acceptors (Lipinski definition) is 5. The highest BCUT2D eigenvalue weighted by Gasteiger charge is 2.41. The summed E-state index contributed by atoms with van der Waals surface area (Å²) in [5, 5.41) is 26.2. The Bertz CT molecular complexity index is 614. The Labute approximate surface area is 141 Å². The summed E-state index contributed by atoms with van der Waals surface area (Å²) in [4.78, 5) is 22.5. The van der Waals surface area contributed by atoms with Gasteiger partial charge in [0.15, 0.2) is 0 Å². The second-order valence-corrected chi connectivity index (χ2v) is 6.55. The van der Waals surface area contributed by atoms with Gasteiger partial charge in [0.1, 0.15) is 5.69 Å². The second-order valence-electron chi connectivity index (χ2n) is 6.55. The van der Waals surface area contributed by atoms with Crippen molar-refractivity contribution < 1.29 is 14.8 Å². The number of rotatable bonds is 8. The van der Waals surface area contributed by atoms with Gasteiger partial charge in [0.2, 0.25) is 0 Å². The van der Waals surface area contributed by atoms with E-state index < -0.39 is 4.92 Å². The molecule has 1 amide bonds. The smallest absolute Gasteiger partial charge is 0.293 e. The van der Waals surface area contributed by atoms with Gasteiger partial charge < -0.3 is 15.7 Å². The number of hydrogen-bond donors (Lipinski definition) is 3. The van der Waals surface area contributed by atoms with Crippen molar-refractivity contribution in [3.63, 3.8) is 0 Å². The van der Waals surface area contributed by atoms with Crippen molar-refractivity contribution in [3.05, 3.63) is 33.9 Å². The van der Waals surface area contributed by atoms with E-state index in [0.29, 0.717) is 18.2 Å². The van der Waals surface area contributed by atoms with Gasteiger partial charge in [0, 0.05) is 31.8 Å². The second kappa shape index (κ2) is 7.61. The molecule has 0 heterocycles. The predicted molar refractivity (Wildman–Crippen MR) is 92.1 cm³/mol. The Morgan fingerprint density at radius 2 is 2.17 bits per heavy atom. The van der Waals surface area contributed by atoms with Gasteiger partial charge in [-0.15, -0.1) is 0 Å². The number of aliphatic hydroxyl groups is 1. The number of anilines is 1. The molecule has 1 aromatic carbocycles. The Morgan fingerprint density at radius 3 is 2.67 bits per heavy atom. The molecule has 3 N–H and O–H groups in total. The lowest BCUT2D eigenvalue weighted by atomic mass is 9.60. The summed E-state index contributed by atoms with van der Waals surface area (Å²) in [5.41, 5.74) is 0.674. The van der Waals surface area contributed by atoms with Crippen LogP contribution < -0.4 is 10.6 Å². The normalized spacial score (nSPS) is 16.8. The van der Waals surface area contributed by atoms with E-state index in [0.717, 1.165) is 25.7 Å². The summed E-state index contributed by atoms with van der Waals surface area (Å²) < 4.78 is 0. The SMILES string of the molecule is CNC(=O)c1ccc(NCC2([C@H](C)CCO)CCC2)c([N+](=O)[O-])c1. The Hall–Kier alpha value is -2.15. The van der Waals surface area contributed by atoms with Crippen LogP contribution in [0.4, 0.5) is 11.4 Å². The third-order valence-corrected chi connectivity index (χ3v) is 5.27. The van der Waals surface area contributed by atoms with Crippen LogP contribution in [0.15, 0.2) is 18.2 Å². The van der Waals surface area contributed by atoms with E-state index in [2.05, 4.69) is 17.6 Å². The lowest BCUT2D eigenvalue weighted by Crippen LogP contribution is -2.42. The van der Waals surface area contributed by atoms with E-state index in [-0.39, 0.29) is 29.2 Å². The summed E-state index contributed by atoms with van der Waals surface area (Å²) >= 11 is 0. The number of aliphatic hydroxyl groups excluding tert-OH is 1. The first kappa shape index (κ1) is 18.2. The van der Waals surface area contributed by atoms with Crippen LogP contribution in [0.3, 0.4) is 0 Å². The number of carbonyl (C=O) groups excluding carboxylic acids is 1. The number of nitrogens with zero attached hydrogens (tertiary/aromatic N) is 1. The van der Waals surface area contributed by atoms with Crippen LogP contribution >= 0.6 is 0 Å². The van der Waals surface area contributed by atoms with Crippen molar-refractivity contribution in [2.45, 2.75) is 32.6 Å². The van der Waals surface area contributed by atoms with E-state index in [1.54, 1.807) is 12.1 Å². The van der Waals surface area contributed by atoms with E-state index in [4.69, 9.17) is 0 Å². The molecule has 1 aliphatic rings. The number of benzene rings is 1. The fraction of sp³-hybridized carbons (Fsp3) is 0.588. The Morgan fingerprint density at radius 1 is 1.46 bits per heavy atom. The lowest BCUT2D eigenvalue weighted by Gasteiger charge is -2.47. The van der Waals surface area contributed by atoms with Crippen molar-refractivity contribution in [2.24, 2.45) is 11.3 Å². The molecule has 1 fully saturated rings. The first-order chi connectivity index (χ1) is 11.4. The molecule has 0 bridgehead atoms. The molecular weight excluding hydrogens is 310 g/mol. The average Bonchev–Trinajstić information content (AvgIpc) is 2.53. The number of carbonyl (C=O) groups is 1. The summed E-state index contributed by atoms with van der Waals surface area (Å²) in [6.45, 7) is 2.92. The molecule has 0 aliphatic heterocycles. The third kappa shape index (κ3) is 3.67. The molecule has 0 radical (unpaired) electrons. The molecule has 1 saturated carbocycles. The Kier molecular flexibility index (Phi) is 5.77. The van der Waals surface area contributed by atoms with Crippen molar-refractivity contribution in [1.29, 1.82) is 0 Å². The zero-order chi connectivity index (χ0) is 17.7. The standard InChI is InChI=1S/C17H25N3O4/c1-12(6-9-21)17(7-3-8-17)11-19-14-5-4-13(16(22)18-2)10-15(14)20(23)24/h4-5,10,12,19,21H,3,6-9,11H2,1-2H3,(H,18,22)/t12-/m1/s1. The number of nitrogens with one attached hydrogen (secondary N) is 2. The topological polar surface area (TPSA) is 104 Å². The molecule has 1 aliphatic carbocycles. The van der Waals surface area contributed by atoms with Gasteiger partial charge in [-0.2, -0.15) is 0 Å². The van der Waals surface area contributed by atoms with Crippen LogP contribution in [0.2, 0.25) is 0 Å². The molecule has 0 spiro atoms. The van der Waals surface area contributed by atoms with Crippen LogP contribution in [-0.4, -0.2) is 36.1 Å². The number of amides is 1. The van der Waals surface area contributed by atoms with E-state index in [1.807, 2.05) is 0 Å². The van der Waals surface area contributed by atoms with Crippen molar-refractivity contribution in [2.75, 3.05) is 25.5 Å². The zero-order valence-corrected chi connectivity index (χ0v) is 14.2. The highest BCUT2D eigenvalue weighted by molar-refractivity contribution is 5.95. The molecule has 0 saturated heterocycles. The van der Waals surface area contributed by atoms with Gasteiger partial charge in [0.05, 0.1) is 4.92 Å². The summed E-state index contributed by atoms with van der Waals surface area (Å²) in [6, 6.07) is 4.47. The molecule has 0 unspecified atom stereocenters. The van der Waals surface area contributed by atoms with Crippen molar-refractivity contribution >= 4 is 17.3 Å². The van der Waals surface area contributed by atoms with Crippen LogP contribution in [0.5, 0.6) is 0 Å². The van der Waals surface area contributed by atoms with Gasteiger partial charge in [-0.1, -0.05) is 13.3 Å². The minimum Gasteiger partial charge on any atom is -0.396 e. The van der Waals surface area contributed by atoms with Gasteiger partial charge in [-0.3, -0.25) is 14.9 Å². The molecule has 24 heavy (non-hydrogen) atoms. The van der Waals surface area contributed by atoms with Gasteiger partial charge >= 0.3 is 0 Å². The first-order valence-corrected chi connectivity index (χ1v) is 8.29. The van der Waals surface area contributed by atoms with E-state index in [9.17, 15) is 20.0 Å². The fourth-order valence-corrected chi connectivity index (χ4v) is 3.36. The molecule has 1 aromatic rings.